The van der Waals surface area contributed by atoms with E-state index in [1.807, 2.05) is 32.0 Å². The average molecular weight is 377 g/mol. The highest BCUT2D eigenvalue weighted by molar-refractivity contribution is 5.99. The van der Waals surface area contributed by atoms with E-state index in [9.17, 15) is 14.7 Å². The van der Waals surface area contributed by atoms with Gasteiger partial charge in [-0.3, -0.25) is 9.59 Å². The molecule has 2 aromatic carbocycles. The molecule has 1 unspecified atom stereocenters. The lowest BCUT2D eigenvalue weighted by atomic mass is 9.97. The van der Waals surface area contributed by atoms with Gasteiger partial charge in [-0.2, -0.15) is 0 Å². The van der Waals surface area contributed by atoms with Gasteiger partial charge < -0.3 is 14.4 Å². The molecule has 28 heavy (non-hydrogen) atoms. The Morgan fingerprint density at radius 2 is 1.93 bits per heavy atom. The monoisotopic (exact) mass is 377 g/mol. The van der Waals surface area contributed by atoms with Crippen LogP contribution in [0, 0.1) is 13.8 Å². The highest BCUT2D eigenvalue weighted by atomic mass is 16.3. The van der Waals surface area contributed by atoms with Gasteiger partial charge in [0, 0.05) is 6.54 Å². The molecule has 0 fully saturated rings. The average Bonchev–Trinajstić information content (AvgIpc) is 2.93. The summed E-state index contributed by atoms with van der Waals surface area (Å²) in [6.07, 6.45) is 1.75. The molecule has 0 saturated carbocycles. The van der Waals surface area contributed by atoms with Gasteiger partial charge in [-0.05, 0) is 55.2 Å². The van der Waals surface area contributed by atoms with Crippen molar-refractivity contribution in [1.29, 1.82) is 0 Å². The number of amides is 1. The number of aryl methyl sites for hydroxylation is 2. The van der Waals surface area contributed by atoms with Gasteiger partial charge in [0.2, 0.25) is 5.76 Å². The molecule has 1 aromatic heterocycles. The van der Waals surface area contributed by atoms with E-state index in [-0.39, 0.29) is 22.8 Å². The Kier molecular flexibility index (Phi) is 4.46. The third kappa shape index (κ3) is 2.78. The Morgan fingerprint density at radius 3 is 2.64 bits per heavy atom. The van der Waals surface area contributed by atoms with E-state index in [4.69, 9.17) is 4.42 Å². The van der Waals surface area contributed by atoms with E-state index in [1.54, 1.807) is 23.1 Å². The van der Waals surface area contributed by atoms with E-state index in [0.29, 0.717) is 28.6 Å². The van der Waals surface area contributed by atoms with E-state index >= 15 is 0 Å². The number of nitrogens with zero attached hydrogens (tertiary/aromatic N) is 1. The maximum Gasteiger partial charge on any atom is 0.290 e. The number of benzene rings is 2. The summed E-state index contributed by atoms with van der Waals surface area (Å²) in [6, 6.07) is 9.94. The molecule has 144 valence electrons. The summed E-state index contributed by atoms with van der Waals surface area (Å²) < 4.78 is 6.02. The standard InChI is InChI=1S/C23H23NO4/c1-4-5-9-24-19(15-7-6-8-16(25)12-15)18-20(26)17-11-13(2)10-14(3)21(17)28-22(18)23(24)27/h6-8,10-12,19,25H,4-5,9H2,1-3H3. The van der Waals surface area contributed by atoms with Crippen LogP contribution in [0.15, 0.2) is 45.6 Å². The first-order chi connectivity index (χ1) is 13.4. The smallest absolute Gasteiger partial charge is 0.290 e. The van der Waals surface area contributed by atoms with Crippen LogP contribution in [0.5, 0.6) is 5.75 Å². The van der Waals surface area contributed by atoms with Gasteiger partial charge in [0.15, 0.2) is 5.43 Å². The number of aromatic hydroxyl groups is 1. The van der Waals surface area contributed by atoms with E-state index in [0.717, 1.165) is 24.0 Å². The SMILES string of the molecule is CCCCN1C(=O)c2oc3c(C)cc(C)cc3c(=O)c2C1c1cccc(O)c1. The molecule has 0 aliphatic carbocycles. The predicted molar refractivity (Wildman–Crippen MR) is 108 cm³/mol. The first-order valence-corrected chi connectivity index (χ1v) is 9.60. The molecule has 5 nitrogen and oxygen atoms in total. The van der Waals surface area contributed by atoms with Crippen LogP contribution in [-0.2, 0) is 0 Å². The third-order valence-electron chi connectivity index (χ3n) is 5.34. The second kappa shape index (κ2) is 6.82. The summed E-state index contributed by atoms with van der Waals surface area (Å²) in [5.41, 5.74) is 3.17. The largest absolute Gasteiger partial charge is 0.508 e. The van der Waals surface area contributed by atoms with Gasteiger partial charge in [-0.25, -0.2) is 0 Å². The van der Waals surface area contributed by atoms with Gasteiger partial charge in [-0.15, -0.1) is 0 Å². The molecule has 0 saturated heterocycles. The number of carbonyl (C=O) groups is 1. The number of carbonyl (C=O) groups excluding carboxylic acids is 1. The van der Waals surface area contributed by atoms with Crippen molar-refractivity contribution < 1.29 is 14.3 Å². The van der Waals surface area contributed by atoms with Crippen molar-refractivity contribution in [2.24, 2.45) is 0 Å². The fraction of sp³-hybridized carbons (Fsp3) is 0.304. The summed E-state index contributed by atoms with van der Waals surface area (Å²) in [7, 11) is 0. The summed E-state index contributed by atoms with van der Waals surface area (Å²) in [6.45, 7) is 6.39. The molecule has 0 bridgehead atoms. The molecule has 1 amide bonds. The van der Waals surface area contributed by atoms with Crippen LogP contribution in [0.1, 0.15) is 58.6 Å². The molecule has 1 N–H and O–H groups in total. The van der Waals surface area contributed by atoms with E-state index in [2.05, 4.69) is 6.92 Å². The van der Waals surface area contributed by atoms with Crippen molar-refractivity contribution in [3.63, 3.8) is 0 Å². The first kappa shape index (κ1) is 18.3. The first-order valence-electron chi connectivity index (χ1n) is 9.60. The van der Waals surface area contributed by atoms with Gasteiger partial charge in [0.05, 0.1) is 17.0 Å². The maximum absolute atomic E-state index is 13.5. The van der Waals surface area contributed by atoms with Crippen LogP contribution in [0.2, 0.25) is 0 Å². The molecule has 2 heterocycles. The van der Waals surface area contributed by atoms with Gasteiger partial charge in [-0.1, -0.05) is 31.5 Å². The van der Waals surface area contributed by atoms with Gasteiger partial charge >= 0.3 is 0 Å². The number of hydrogen-bond donors (Lipinski definition) is 1. The normalized spacial score (nSPS) is 16.0. The minimum Gasteiger partial charge on any atom is -0.508 e. The van der Waals surface area contributed by atoms with Crippen molar-refractivity contribution in [1.82, 2.24) is 4.90 Å². The van der Waals surface area contributed by atoms with Crippen LogP contribution in [0.4, 0.5) is 0 Å². The highest BCUT2D eigenvalue weighted by Crippen LogP contribution is 2.39. The summed E-state index contributed by atoms with van der Waals surface area (Å²) in [4.78, 5) is 28.3. The lowest BCUT2D eigenvalue weighted by Gasteiger charge is -2.25. The molecule has 1 aliphatic rings. The van der Waals surface area contributed by atoms with Crippen LogP contribution in [-0.4, -0.2) is 22.5 Å². The second-order valence-electron chi connectivity index (χ2n) is 7.48. The zero-order chi connectivity index (χ0) is 20.0. The quantitative estimate of drug-likeness (QED) is 0.729. The Balaban J connectivity index is 2.01. The predicted octanol–water partition coefficient (Wildman–Crippen LogP) is 4.46. The molecule has 1 aliphatic heterocycles. The van der Waals surface area contributed by atoms with E-state index in [1.165, 1.54) is 0 Å². The fourth-order valence-electron chi connectivity index (χ4n) is 4.08. The lowest BCUT2D eigenvalue weighted by Crippen LogP contribution is -2.30. The molecule has 0 radical (unpaired) electrons. The second-order valence-corrected chi connectivity index (χ2v) is 7.48. The Hall–Kier alpha value is -3.08. The molecule has 4 rings (SSSR count). The summed E-state index contributed by atoms with van der Waals surface area (Å²) >= 11 is 0. The maximum atomic E-state index is 13.5. The topological polar surface area (TPSA) is 70.8 Å². The molecular formula is C23H23NO4. The fourth-order valence-corrected chi connectivity index (χ4v) is 4.08. The van der Waals surface area contributed by atoms with Crippen LogP contribution < -0.4 is 5.43 Å². The Morgan fingerprint density at radius 1 is 1.14 bits per heavy atom. The molecule has 0 spiro atoms. The van der Waals surface area contributed by atoms with Crippen LogP contribution in [0.25, 0.3) is 11.0 Å². The molecular weight excluding hydrogens is 354 g/mol. The zero-order valence-electron chi connectivity index (χ0n) is 16.3. The van der Waals surface area contributed by atoms with Crippen molar-refractivity contribution in [3.05, 3.63) is 74.6 Å². The Bertz CT molecular complexity index is 1150. The number of phenols is 1. The van der Waals surface area contributed by atoms with Gasteiger partial charge in [0.25, 0.3) is 5.91 Å². The van der Waals surface area contributed by atoms with Crippen LogP contribution >= 0.6 is 0 Å². The van der Waals surface area contributed by atoms with Crippen molar-refractivity contribution in [2.75, 3.05) is 6.54 Å². The highest BCUT2D eigenvalue weighted by Gasteiger charge is 2.42. The lowest BCUT2D eigenvalue weighted by molar-refractivity contribution is 0.0725. The van der Waals surface area contributed by atoms with Crippen molar-refractivity contribution in [2.45, 2.75) is 39.7 Å². The van der Waals surface area contributed by atoms with Crippen LogP contribution in [0.3, 0.4) is 0 Å². The zero-order valence-corrected chi connectivity index (χ0v) is 16.3. The molecule has 5 heteroatoms. The number of unbranched alkanes of at least 4 members (excludes halogenated alkanes) is 1. The third-order valence-corrected chi connectivity index (χ3v) is 5.34. The number of fused-ring (bicyclic) bond motifs is 2. The minimum atomic E-state index is -0.553. The number of rotatable bonds is 4. The van der Waals surface area contributed by atoms with Crippen molar-refractivity contribution in [3.8, 4) is 5.75 Å². The summed E-state index contributed by atoms with van der Waals surface area (Å²) in [5.74, 6) is -0.0460. The number of phenolic OH excluding ortho intramolecular Hbond substituents is 1. The summed E-state index contributed by atoms with van der Waals surface area (Å²) in [5, 5.41) is 10.5. The van der Waals surface area contributed by atoms with E-state index < -0.39 is 6.04 Å². The number of hydrogen-bond acceptors (Lipinski definition) is 4. The minimum absolute atomic E-state index is 0.103. The van der Waals surface area contributed by atoms with Crippen molar-refractivity contribution >= 4 is 16.9 Å². The molecule has 1 atom stereocenters. The molecule has 3 aromatic rings. The Labute approximate surface area is 163 Å². The van der Waals surface area contributed by atoms with Gasteiger partial charge in [0.1, 0.15) is 11.3 Å².